The number of hydrogen-bond acceptors (Lipinski definition) is 3. The van der Waals surface area contributed by atoms with Gasteiger partial charge in [0, 0.05) is 31.1 Å². The Morgan fingerprint density at radius 3 is 2.92 bits per heavy atom. The molecule has 2 aliphatic heterocycles. The number of nitrogens with zero attached hydrogens (tertiary/aromatic N) is 3. The topological polar surface area (TPSA) is 47.3 Å². The Balaban J connectivity index is 1.96. The first-order valence-electron chi connectivity index (χ1n) is 8.33. The van der Waals surface area contributed by atoms with E-state index in [-0.39, 0.29) is 5.91 Å². The molecule has 4 heteroatoms. The summed E-state index contributed by atoms with van der Waals surface area (Å²) in [4.78, 5) is 17.0. The Bertz CT molecular complexity index is 796. The second kappa shape index (κ2) is 6.76. The van der Waals surface area contributed by atoms with Crippen molar-refractivity contribution in [1.29, 1.82) is 5.26 Å². The molecule has 0 N–H and O–H groups in total. The van der Waals surface area contributed by atoms with Crippen molar-refractivity contribution in [2.75, 3.05) is 13.1 Å². The molecule has 0 bridgehead atoms. The van der Waals surface area contributed by atoms with E-state index in [0.717, 1.165) is 36.2 Å². The summed E-state index contributed by atoms with van der Waals surface area (Å²) in [7, 11) is 0. The molecule has 0 spiro atoms. The summed E-state index contributed by atoms with van der Waals surface area (Å²) < 4.78 is 0. The van der Waals surface area contributed by atoms with Gasteiger partial charge in [-0.05, 0) is 62.1 Å². The molecule has 0 unspecified atom stereocenters. The van der Waals surface area contributed by atoms with E-state index >= 15 is 0 Å². The first-order valence-corrected chi connectivity index (χ1v) is 8.33. The van der Waals surface area contributed by atoms with Crippen LogP contribution >= 0.6 is 0 Å². The summed E-state index contributed by atoms with van der Waals surface area (Å²) in [6.45, 7) is 5.52. The molecule has 122 valence electrons. The molecule has 1 aromatic rings. The van der Waals surface area contributed by atoms with Crippen molar-refractivity contribution in [3.05, 3.63) is 70.7 Å². The van der Waals surface area contributed by atoms with E-state index < -0.39 is 0 Å². The lowest BCUT2D eigenvalue weighted by molar-refractivity contribution is 0.0807. The zero-order valence-electron chi connectivity index (χ0n) is 14.1. The molecule has 2 heterocycles. The van der Waals surface area contributed by atoms with Gasteiger partial charge in [-0.2, -0.15) is 5.26 Å². The summed E-state index contributed by atoms with van der Waals surface area (Å²) in [6, 6.07) is 7.44. The molecular formula is C20H21N3O. The minimum atomic E-state index is -0.00649. The Hall–Kier alpha value is -2.80. The fourth-order valence-electron chi connectivity index (χ4n) is 3.05. The van der Waals surface area contributed by atoms with Gasteiger partial charge >= 0.3 is 0 Å². The molecule has 1 amide bonds. The van der Waals surface area contributed by atoms with Crippen LogP contribution in [0.25, 0.3) is 0 Å². The minimum Gasteiger partial charge on any atom is -0.352 e. The molecule has 0 aliphatic carbocycles. The van der Waals surface area contributed by atoms with Crippen LogP contribution < -0.4 is 0 Å². The Morgan fingerprint density at radius 1 is 1.38 bits per heavy atom. The molecule has 0 radical (unpaired) electrons. The summed E-state index contributed by atoms with van der Waals surface area (Å²) in [5.41, 5.74) is 4.15. The molecule has 24 heavy (non-hydrogen) atoms. The predicted molar refractivity (Wildman–Crippen MR) is 93.9 cm³/mol. The molecule has 1 aromatic carbocycles. The summed E-state index contributed by atoms with van der Waals surface area (Å²) in [6.07, 6.45) is 10.3. The third-order valence-electron chi connectivity index (χ3n) is 4.47. The first kappa shape index (κ1) is 16.1. The number of fused-ring (bicyclic) bond motifs is 1. The maximum atomic E-state index is 13.1. The lowest BCUT2D eigenvalue weighted by Crippen LogP contribution is -2.33. The van der Waals surface area contributed by atoms with Gasteiger partial charge in [0.1, 0.15) is 0 Å². The standard InChI is InChI=1S/C20H21N3O/c1-3-22-11-9-16-6-4-5-10-23(19(16)14-22)20(24)17-7-8-18(13-21)15(2)12-17/h6-9,11-12,14H,3-5,10H2,1-2H3. The highest BCUT2D eigenvalue weighted by atomic mass is 16.2. The molecule has 0 aromatic heterocycles. The average molecular weight is 319 g/mol. The van der Waals surface area contributed by atoms with Gasteiger partial charge < -0.3 is 9.80 Å². The van der Waals surface area contributed by atoms with Crippen LogP contribution in [0.2, 0.25) is 0 Å². The third kappa shape index (κ3) is 2.98. The number of hydrogen-bond donors (Lipinski definition) is 0. The Morgan fingerprint density at radius 2 is 2.21 bits per heavy atom. The number of rotatable bonds is 2. The number of allylic oxidation sites excluding steroid dienone is 2. The molecule has 0 saturated carbocycles. The SMILES string of the molecule is CCN1C=CC2=CCCCN(C(=O)c3ccc(C#N)c(C)c3)C2=C1. The quantitative estimate of drug-likeness (QED) is 0.834. The van der Waals surface area contributed by atoms with Crippen molar-refractivity contribution in [1.82, 2.24) is 9.80 Å². The molecule has 0 fully saturated rings. The summed E-state index contributed by atoms with van der Waals surface area (Å²) in [5, 5.41) is 9.07. The molecule has 2 aliphatic rings. The van der Waals surface area contributed by atoms with Crippen LogP contribution in [-0.2, 0) is 0 Å². The highest BCUT2D eigenvalue weighted by Gasteiger charge is 2.25. The van der Waals surface area contributed by atoms with Gasteiger partial charge in [0.2, 0.25) is 0 Å². The third-order valence-corrected chi connectivity index (χ3v) is 4.47. The van der Waals surface area contributed by atoms with Crippen molar-refractivity contribution in [2.24, 2.45) is 0 Å². The number of carbonyl (C=O) groups is 1. The van der Waals surface area contributed by atoms with Crippen molar-refractivity contribution < 1.29 is 4.79 Å². The minimum absolute atomic E-state index is 0.00649. The van der Waals surface area contributed by atoms with Gasteiger partial charge in [-0.3, -0.25) is 4.79 Å². The van der Waals surface area contributed by atoms with Crippen LogP contribution in [0.5, 0.6) is 0 Å². The fraction of sp³-hybridized carbons (Fsp3) is 0.300. The van der Waals surface area contributed by atoms with Crippen molar-refractivity contribution in [3.8, 4) is 6.07 Å². The number of nitriles is 1. The maximum absolute atomic E-state index is 13.1. The van der Waals surface area contributed by atoms with Gasteiger partial charge in [-0.15, -0.1) is 0 Å². The second-order valence-corrected chi connectivity index (χ2v) is 6.06. The Labute approximate surface area is 143 Å². The lowest BCUT2D eigenvalue weighted by Gasteiger charge is -2.29. The van der Waals surface area contributed by atoms with Crippen LogP contribution in [0.3, 0.4) is 0 Å². The Kier molecular flexibility index (Phi) is 4.52. The number of carbonyl (C=O) groups excluding carboxylic acids is 1. The van der Waals surface area contributed by atoms with E-state index in [1.807, 2.05) is 24.1 Å². The zero-order valence-corrected chi connectivity index (χ0v) is 14.1. The largest absolute Gasteiger partial charge is 0.352 e. The molecule has 0 atom stereocenters. The molecule has 0 saturated heterocycles. The van der Waals surface area contributed by atoms with Gasteiger partial charge in [0.15, 0.2) is 0 Å². The molecule has 3 rings (SSSR count). The summed E-state index contributed by atoms with van der Waals surface area (Å²) >= 11 is 0. The number of benzene rings is 1. The molecule has 4 nitrogen and oxygen atoms in total. The second-order valence-electron chi connectivity index (χ2n) is 6.06. The van der Waals surface area contributed by atoms with E-state index in [0.29, 0.717) is 17.7 Å². The highest BCUT2D eigenvalue weighted by molar-refractivity contribution is 5.96. The van der Waals surface area contributed by atoms with Gasteiger partial charge in [0.05, 0.1) is 17.3 Å². The van der Waals surface area contributed by atoms with E-state index in [9.17, 15) is 4.79 Å². The zero-order chi connectivity index (χ0) is 17.1. The van der Waals surface area contributed by atoms with Crippen LogP contribution in [-0.4, -0.2) is 28.8 Å². The van der Waals surface area contributed by atoms with Crippen LogP contribution in [0.4, 0.5) is 0 Å². The number of aryl methyl sites for hydroxylation is 1. The van der Waals surface area contributed by atoms with E-state index in [1.165, 1.54) is 0 Å². The van der Waals surface area contributed by atoms with Gasteiger partial charge in [-0.25, -0.2) is 0 Å². The van der Waals surface area contributed by atoms with Crippen molar-refractivity contribution >= 4 is 5.91 Å². The van der Waals surface area contributed by atoms with Crippen LogP contribution in [0, 0.1) is 18.3 Å². The van der Waals surface area contributed by atoms with Crippen LogP contribution in [0.15, 0.2) is 54.0 Å². The molecular weight excluding hydrogens is 298 g/mol. The average Bonchev–Trinajstić information content (AvgIpc) is 2.82. The van der Waals surface area contributed by atoms with Gasteiger partial charge in [-0.1, -0.05) is 6.08 Å². The first-order chi connectivity index (χ1) is 11.6. The van der Waals surface area contributed by atoms with E-state index in [1.54, 1.807) is 12.1 Å². The highest BCUT2D eigenvalue weighted by Crippen LogP contribution is 2.28. The van der Waals surface area contributed by atoms with Crippen LogP contribution in [0.1, 0.15) is 41.3 Å². The fourth-order valence-corrected chi connectivity index (χ4v) is 3.05. The maximum Gasteiger partial charge on any atom is 0.258 e. The summed E-state index contributed by atoms with van der Waals surface area (Å²) in [5.74, 6) is -0.00649. The lowest BCUT2D eigenvalue weighted by atomic mass is 10.0. The number of amides is 1. The normalized spacial score (nSPS) is 16.7. The van der Waals surface area contributed by atoms with Gasteiger partial charge in [0.25, 0.3) is 5.91 Å². The van der Waals surface area contributed by atoms with Crippen molar-refractivity contribution in [2.45, 2.75) is 26.7 Å². The smallest absolute Gasteiger partial charge is 0.258 e. The monoisotopic (exact) mass is 319 g/mol. The van der Waals surface area contributed by atoms with Crippen molar-refractivity contribution in [3.63, 3.8) is 0 Å². The van der Waals surface area contributed by atoms with E-state index in [4.69, 9.17) is 5.26 Å². The predicted octanol–water partition coefficient (Wildman–Crippen LogP) is 3.72. The van der Waals surface area contributed by atoms with E-state index in [2.05, 4.69) is 36.2 Å².